The first kappa shape index (κ1) is 16.0. The minimum atomic E-state index is 0.514. The van der Waals surface area contributed by atoms with E-state index in [0.717, 1.165) is 36.5 Å². The third-order valence-corrected chi connectivity index (χ3v) is 4.87. The van der Waals surface area contributed by atoms with Crippen molar-refractivity contribution in [2.24, 2.45) is 0 Å². The minimum absolute atomic E-state index is 0.514. The number of anilines is 1. The maximum Gasteiger partial charge on any atom is 0.254 e. The Balaban J connectivity index is 1.85. The number of aromatic nitrogens is 5. The molecule has 0 bridgehead atoms. The van der Waals surface area contributed by atoms with Crippen molar-refractivity contribution >= 4 is 11.6 Å². The average molecular weight is 336 g/mol. The van der Waals surface area contributed by atoms with Crippen molar-refractivity contribution in [2.45, 2.75) is 52.0 Å². The van der Waals surface area contributed by atoms with Crippen LogP contribution in [0.5, 0.6) is 0 Å². The van der Waals surface area contributed by atoms with Crippen LogP contribution in [0.3, 0.4) is 0 Å². The Morgan fingerprint density at radius 1 is 1.24 bits per heavy atom. The van der Waals surface area contributed by atoms with Crippen LogP contribution < -0.4 is 4.90 Å². The van der Waals surface area contributed by atoms with E-state index in [2.05, 4.69) is 34.8 Å². The molecule has 0 radical (unpaired) electrons. The molecular weight excluding hydrogens is 312 g/mol. The number of hydrogen-bond acceptors (Lipinski definition) is 5. The van der Waals surface area contributed by atoms with Crippen molar-refractivity contribution in [2.75, 3.05) is 11.4 Å². The molecule has 0 N–H and O–H groups in total. The highest BCUT2D eigenvalue weighted by Crippen LogP contribution is 2.27. The first-order valence-electron chi connectivity index (χ1n) is 9.20. The highest BCUT2D eigenvalue weighted by Gasteiger charge is 2.23. The molecular formula is C19H24N6. The van der Waals surface area contributed by atoms with Crippen molar-refractivity contribution in [1.82, 2.24) is 24.6 Å². The van der Waals surface area contributed by atoms with E-state index in [1.807, 2.05) is 16.6 Å². The van der Waals surface area contributed by atoms with Crippen LogP contribution in [0.15, 0.2) is 30.6 Å². The molecule has 25 heavy (non-hydrogen) atoms. The maximum absolute atomic E-state index is 4.76. The van der Waals surface area contributed by atoms with E-state index in [9.17, 15) is 0 Å². The molecule has 0 spiro atoms. The number of hydrogen-bond donors (Lipinski definition) is 0. The van der Waals surface area contributed by atoms with Crippen LogP contribution in [0.4, 0.5) is 5.82 Å². The van der Waals surface area contributed by atoms with Crippen LogP contribution in [0.1, 0.15) is 45.2 Å². The second-order valence-corrected chi connectivity index (χ2v) is 6.78. The quantitative estimate of drug-likeness (QED) is 0.729. The van der Waals surface area contributed by atoms with Crippen molar-refractivity contribution in [3.05, 3.63) is 36.3 Å². The van der Waals surface area contributed by atoms with Crippen molar-refractivity contribution in [3.8, 4) is 11.4 Å². The van der Waals surface area contributed by atoms with Gasteiger partial charge in [0.05, 0.1) is 0 Å². The molecule has 0 aliphatic carbocycles. The fourth-order valence-electron chi connectivity index (χ4n) is 3.55. The van der Waals surface area contributed by atoms with Gasteiger partial charge in [-0.2, -0.15) is 9.50 Å². The number of rotatable bonds is 4. The van der Waals surface area contributed by atoms with E-state index in [1.165, 1.54) is 19.3 Å². The number of nitrogens with zero attached hydrogens (tertiary/aromatic N) is 6. The lowest BCUT2D eigenvalue weighted by Gasteiger charge is -2.35. The van der Waals surface area contributed by atoms with Gasteiger partial charge in [-0.3, -0.25) is 4.98 Å². The summed E-state index contributed by atoms with van der Waals surface area (Å²) >= 11 is 0. The van der Waals surface area contributed by atoms with Gasteiger partial charge in [-0.1, -0.05) is 13.3 Å². The summed E-state index contributed by atoms with van der Waals surface area (Å²) in [5.74, 6) is 2.47. The SMILES string of the molecule is CCCc1cc(N2CCCC[C@@H]2C)n2nc(-c3cccnc3)nc2n1. The molecule has 3 aromatic rings. The predicted molar refractivity (Wildman–Crippen MR) is 98.7 cm³/mol. The fourth-order valence-corrected chi connectivity index (χ4v) is 3.55. The molecule has 6 heteroatoms. The summed E-state index contributed by atoms with van der Waals surface area (Å²) in [6.45, 7) is 5.54. The summed E-state index contributed by atoms with van der Waals surface area (Å²) in [5, 5.41) is 4.76. The molecule has 4 heterocycles. The van der Waals surface area contributed by atoms with Gasteiger partial charge in [0.25, 0.3) is 5.78 Å². The van der Waals surface area contributed by atoms with E-state index >= 15 is 0 Å². The average Bonchev–Trinajstić information content (AvgIpc) is 3.07. The molecule has 130 valence electrons. The molecule has 6 nitrogen and oxygen atoms in total. The van der Waals surface area contributed by atoms with Crippen molar-refractivity contribution in [3.63, 3.8) is 0 Å². The molecule has 1 saturated heterocycles. The fraction of sp³-hybridized carbons (Fsp3) is 0.474. The molecule has 1 aliphatic rings. The summed E-state index contributed by atoms with van der Waals surface area (Å²) in [4.78, 5) is 16.1. The highest BCUT2D eigenvalue weighted by molar-refractivity contribution is 5.58. The monoisotopic (exact) mass is 336 g/mol. The van der Waals surface area contributed by atoms with Crippen LogP contribution in [-0.2, 0) is 6.42 Å². The molecule has 0 unspecified atom stereocenters. The standard InChI is InChI=1S/C19H24N6/c1-3-7-16-12-17(24-11-5-4-8-14(24)2)25-19(21-16)22-18(23-25)15-9-6-10-20-13-15/h6,9-10,12-14H,3-5,7-8,11H2,1-2H3/t14-/m0/s1. The third-order valence-electron chi connectivity index (χ3n) is 4.87. The topological polar surface area (TPSA) is 59.2 Å². The zero-order chi connectivity index (χ0) is 17.2. The van der Waals surface area contributed by atoms with Crippen LogP contribution in [0.25, 0.3) is 17.2 Å². The van der Waals surface area contributed by atoms with Gasteiger partial charge in [0.1, 0.15) is 5.82 Å². The van der Waals surface area contributed by atoms with Gasteiger partial charge in [-0.15, -0.1) is 5.10 Å². The van der Waals surface area contributed by atoms with Gasteiger partial charge in [-0.25, -0.2) is 4.98 Å². The lowest BCUT2D eigenvalue weighted by atomic mass is 10.0. The van der Waals surface area contributed by atoms with Crippen molar-refractivity contribution < 1.29 is 0 Å². The predicted octanol–water partition coefficient (Wildman–Crippen LogP) is 3.52. The third kappa shape index (κ3) is 3.08. The Morgan fingerprint density at radius 3 is 2.92 bits per heavy atom. The molecule has 0 amide bonds. The van der Waals surface area contributed by atoms with Gasteiger partial charge in [-0.05, 0) is 44.7 Å². The number of aryl methyl sites for hydroxylation is 1. The van der Waals surface area contributed by atoms with Crippen LogP contribution in [0.2, 0.25) is 0 Å². The molecule has 4 rings (SSSR count). The highest BCUT2D eigenvalue weighted by atomic mass is 15.4. The Hall–Kier alpha value is -2.50. The largest absolute Gasteiger partial charge is 0.354 e. The smallest absolute Gasteiger partial charge is 0.254 e. The Kier molecular flexibility index (Phi) is 4.34. The van der Waals surface area contributed by atoms with Gasteiger partial charge in [0, 0.05) is 42.3 Å². The summed E-state index contributed by atoms with van der Waals surface area (Å²) in [5.41, 5.74) is 2.01. The summed E-state index contributed by atoms with van der Waals surface area (Å²) in [7, 11) is 0. The zero-order valence-electron chi connectivity index (χ0n) is 14.9. The molecule has 0 aromatic carbocycles. The second kappa shape index (κ2) is 6.78. The lowest BCUT2D eigenvalue weighted by Crippen LogP contribution is -2.38. The minimum Gasteiger partial charge on any atom is -0.354 e. The second-order valence-electron chi connectivity index (χ2n) is 6.78. The van der Waals surface area contributed by atoms with E-state index in [0.29, 0.717) is 17.6 Å². The number of pyridine rings is 1. The van der Waals surface area contributed by atoms with E-state index in [1.54, 1.807) is 12.4 Å². The number of fused-ring (bicyclic) bond motifs is 1. The Morgan fingerprint density at radius 2 is 2.16 bits per heavy atom. The number of piperidine rings is 1. The van der Waals surface area contributed by atoms with Crippen molar-refractivity contribution in [1.29, 1.82) is 0 Å². The van der Waals surface area contributed by atoms with Crippen LogP contribution in [-0.4, -0.2) is 37.2 Å². The lowest BCUT2D eigenvalue weighted by molar-refractivity contribution is 0.477. The summed E-state index contributed by atoms with van der Waals surface area (Å²) < 4.78 is 1.91. The van der Waals surface area contributed by atoms with Gasteiger partial charge >= 0.3 is 0 Å². The molecule has 3 aromatic heterocycles. The normalized spacial score (nSPS) is 18.0. The van der Waals surface area contributed by atoms with Gasteiger partial charge < -0.3 is 4.90 Å². The first-order valence-corrected chi connectivity index (χ1v) is 9.20. The Labute approximate surface area is 147 Å². The van der Waals surface area contributed by atoms with Crippen LogP contribution in [0, 0.1) is 0 Å². The van der Waals surface area contributed by atoms with E-state index in [-0.39, 0.29) is 0 Å². The zero-order valence-corrected chi connectivity index (χ0v) is 14.9. The molecule has 1 atom stereocenters. The first-order chi connectivity index (χ1) is 12.3. The molecule has 1 fully saturated rings. The maximum atomic E-state index is 4.76. The van der Waals surface area contributed by atoms with Gasteiger partial charge in [0.2, 0.25) is 0 Å². The Bertz CT molecular complexity index is 857. The summed E-state index contributed by atoms with van der Waals surface area (Å²) in [6, 6.07) is 6.60. The van der Waals surface area contributed by atoms with E-state index in [4.69, 9.17) is 10.1 Å². The van der Waals surface area contributed by atoms with Crippen LogP contribution >= 0.6 is 0 Å². The van der Waals surface area contributed by atoms with E-state index < -0.39 is 0 Å². The van der Waals surface area contributed by atoms with Gasteiger partial charge in [0.15, 0.2) is 5.82 Å². The summed E-state index contributed by atoms with van der Waals surface area (Å²) in [6.07, 6.45) is 9.33. The molecule has 0 saturated carbocycles. The molecule has 1 aliphatic heterocycles.